The number of methoxy groups -OCH3 is 1. The lowest BCUT2D eigenvalue weighted by Crippen LogP contribution is -2.02. The van der Waals surface area contributed by atoms with Crippen LogP contribution in [0.15, 0.2) is 60.8 Å². The zero-order valence-electron chi connectivity index (χ0n) is 15.3. The fourth-order valence-electron chi connectivity index (χ4n) is 3.01. The number of ketones is 1. The molecule has 2 aromatic carbocycles. The molecule has 142 valence electrons. The molecular weight excluding hydrogens is 373 g/mol. The first kappa shape index (κ1) is 18.1. The summed E-state index contributed by atoms with van der Waals surface area (Å²) in [6.45, 7) is 0. The molecule has 7 nitrogen and oxygen atoms in total. The Balaban J connectivity index is 1.70. The molecule has 0 fully saturated rings. The summed E-state index contributed by atoms with van der Waals surface area (Å²) in [5, 5.41) is 14.0. The second kappa shape index (κ2) is 7.40. The van der Waals surface area contributed by atoms with Crippen molar-refractivity contribution in [3.8, 4) is 17.5 Å². The van der Waals surface area contributed by atoms with Crippen LogP contribution in [-0.2, 0) is 0 Å². The Bertz CT molecular complexity index is 1280. The number of benzene rings is 2. The van der Waals surface area contributed by atoms with Crippen molar-refractivity contribution < 1.29 is 13.9 Å². The summed E-state index contributed by atoms with van der Waals surface area (Å²) in [6.07, 6.45) is 5.58. The number of nitrogens with zero attached hydrogens (tertiary/aromatic N) is 4. The van der Waals surface area contributed by atoms with Crippen LogP contribution in [0.2, 0.25) is 0 Å². The van der Waals surface area contributed by atoms with E-state index in [2.05, 4.69) is 15.1 Å². The quantitative estimate of drug-likeness (QED) is 0.320. The van der Waals surface area contributed by atoms with Gasteiger partial charge in [0.1, 0.15) is 41.6 Å². The standard InChI is InChI=1S/C21H14FN5O2/c1-29-15-3-4-19-16(8-15)17(10-25-19)21(28)14(9-23)6-13-2-5-20(18(22)7-13)27-12-24-11-26-27/h2-8,10-12,25H,1H3. The Morgan fingerprint density at radius 1 is 1.31 bits per heavy atom. The van der Waals surface area contributed by atoms with Gasteiger partial charge >= 0.3 is 0 Å². The molecular formula is C21H14FN5O2. The molecule has 0 atom stereocenters. The first-order valence-electron chi connectivity index (χ1n) is 8.57. The minimum absolute atomic E-state index is 0.110. The maximum atomic E-state index is 14.4. The first-order valence-corrected chi connectivity index (χ1v) is 8.57. The molecule has 29 heavy (non-hydrogen) atoms. The fourth-order valence-corrected chi connectivity index (χ4v) is 3.01. The minimum atomic E-state index is -0.550. The molecule has 0 bridgehead atoms. The molecule has 2 aromatic heterocycles. The fraction of sp³-hybridized carbons (Fsp3) is 0.0476. The van der Waals surface area contributed by atoms with E-state index in [0.717, 1.165) is 5.52 Å². The second-order valence-corrected chi connectivity index (χ2v) is 6.16. The molecule has 4 aromatic rings. The normalized spacial score (nSPS) is 11.4. The van der Waals surface area contributed by atoms with Gasteiger partial charge in [0.05, 0.1) is 7.11 Å². The molecule has 0 aliphatic rings. The van der Waals surface area contributed by atoms with Crippen LogP contribution >= 0.6 is 0 Å². The molecule has 4 rings (SSSR count). The molecule has 0 saturated carbocycles. The number of aromatic amines is 1. The van der Waals surface area contributed by atoms with Gasteiger partial charge in [0.15, 0.2) is 0 Å². The topological polar surface area (TPSA) is 96.6 Å². The van der Waals surface area contributed by atoms with Gasteiger partial charge in [-0.25, -0.2) is 14.1 Å². The van der Waals surface area contributed by atoms with Crippen molar-refractivity contribution in [1.82, 2.24) is 19.7 Å². The average Bonchev–Trinajstić information content (AvgIpc) is 3.41. The van der Waals surface area contributed by atoms with E-state index in [1.807, 2.05) is 6.07 Å². The number of hydrogen-bond donors (Lipinski definition) is 1. The van der Waals surface area contributed by atoms with Crippen LogP contribution in [0.1, 0.15) is 15.9 Å². The van der Waals surface area contributed by atoms with E-state index in [-0.39, 0.29) is 11.3 Å². The van der Waals surface area contributed by atoms with E-state index in [9.17, 15) is 14.4 Å². The van der Waals surface area contributed by atoms with Crippen LogP contribution in [0.3, 0.4) is 0 Å². The lowest BCUT2D eigenvalue weighted by molar-refractivity contribution is 0.104. The maximum absolute atomic E-state index is 14.4. The number of rotatable bonds is 5. The number of Topliss-reactive ketones (excluding diaryl/α,β-unsaturated/α-hetero) is 1. The summed E-state index contributed by atoms with van der Waals surface area (Å²) in [5.41, 5.74) is 1.57. The van der Waals surface area contributed by atoms with Gasteiger partial charge in [0.2, 0.25) is 5.78 Å². The van der Waals surface area contributed by atoms with Gasteiger partial charge in [0.25, 0.3) is 0 Å². The summed E-state index contributed by atoms with van der Waals surface area (Å²) < 4.78 is 20.9. The monoisotopic (exact) mass is 387 g/mol. The van der Waals surface area contributed by atoms with Crippen LogP contribution in [0, 0.1) is 17.1 Å². The highest BCUT2D eigenvalue weighted by Crippen LogP contribution is 2.26. The third kappa shape index (κ3) is 3.37. The van der Waals surface area contributed by atoms with Gasteiger partial charge in [-0.2, -0.15) is 10.4 Å². The number of hydrogen-bond acceptors (Lipinski definition) is 5. The molecule has 0 amide bonds. The number of fused-ring (bicyclic) bond motifs is 1. The average molecular weight is 387 g/mol. The van der Waals surface area contributed by atoms with Crippen molar-refractivity contribution in [2.75, 3.05) is 7.11 Å². The number of carbonyl (C=O) groups is 1. The Morgan fingerprint density at radius 2 is 2.17 bits per heavy atom. The highest BCUT2D eigenvalue weighted by molar-refractivity contribution is 6.20. The highest BCUT2D eigenvalue weighted by Gasteiger charge is 2.17. The molecule has 0 radical (unpaired) electrons. The first-order chi connectivity index (χ1) is 14.1. The lowest BCUT2D eigenvalue weighted by atomic mass is 10.0. The van der Waals surface area contributed by atoms with Crippen LogP contribution in [-0.4, -0.2) is 32.6 Å². The number of nitrogens with one attached hydrogen (secondary N) is 1. The number of nitriles is 1. The second-order valence-electron chi connectivity index (χ2n) is 6.16. The van der Waals surface area contributed by atoms with E-state index in [0.29, 0.717) is 22.3 Å². The van der Waals surface area contributed by atoms with Gasteiger partial charge in [-0.3, -0.25) is 4.79 Å². The molecule has 0 unspecified atom stereocenters. The van der Waals surface area contributed by atoms with Crippen molar-refractivity contribution in [1.29, 1.82) is 5.26 Å². The Labute approximate surface area is 164 Å². The van der Waals surface area contributed by atoms with Crippen LogP contribution in [0.25, 0.3) is 22.7 Å². The molecule has 0 aliphatic heterocycles. The number of aromatic nitrogens is 4. The number of allylic oxidation sites excluding steroid dienone is 1. The largest absolute Gasteiger partial charge is 0.497 e. The van der Waals surface area contributed by atoms with Crippen LogP contribution in [0.4, 0.5) is 4.39 Å². The smallest absolute Gasteiger partial charge is 0.205 e. The molecule has 8 heteroatoms. The van der Waals surface area contributed by atoms with Gasteiger partial charge in [-0.1, -0.05) is 6.07 Å². The SMILES string of the molecule is COc1ccc2[nH]cc(C(=O)C(C#N)=Cc3ccc(-n4cncn4)c(F)c3)c2c1. The number of H-pyrrole nitrogens is 1. The molecule has 2 heterocycles. The summed E-state index contributed by atoms with van der Waals surface area (Å²) in [5.74, 6) is -0.419. The Morgan fingerprint density at radius 3 is 2.86 bits per heavy atom. The van der Waals surface area contributed by atoms with Gasteiger partial charge in [-0.15, -0.1) is 0 Å². The van der Waals surface area contributed by atoms with Crippen molar-refractivity contribution in [2.24, 2.45) is 0 Å². The summed E-state index contributed by atoms with van der Waals surface area (Å²) in [7, 11) is 1.54. The Hall–Kier alpha value is -4.25. The minimum Gasteiger partial charge on any atom is -0.497 e. The maximum Gasteiger partial charge on any atom is 0.205 e. The van der Waals surface area contributed by atoms with Crippen LogP contribution in [0.5, 0.6) is 5.75 Å². The highest BCUT2D eigenvalue weighted by atomic mass is 19.1. The van der Waals surface area contributed by atoms with Crippen molar-refractivity contribution >= 4 is 22.8 Å². The van der Waals surface area contributed by atoms with Crippen molar-refractivity contribution in [3.63, 3.8) is 0 Å². The van der Waals surface area contributed by atoms with Crippen molar-refractivity contribution in [2.45, 2.75) is 0 Å². The van der Waals surface area contributed by atoms with E-state index < -0.39 is 11.6 Å². The lowest BCUT2D eigenvalue weighted by Gasteiger charge is -2.04. The van der Waals surface area contributed by atoms with Gasteiger partial charge < -0.3 is 9.72 Å². The molecule has 0 saturated heterocycles. The predicted molar refractivity (Wildman–Crippen MR) is 104 cm³/mol. The zero-order chi connectivity index (χ0) is 20.4. The third-order valence-corrected chi connectivity index (χ3v) is 4.45. The summed E-state index contributed by atoms with van der Waals surface area (Å²) in [4.78, 5) is 19.7. The molecule has 0 spiro atoms. The van der Waals surface area contributed by atoms with E-state index in [1.54, 1.807) is 30.5 Å². The molecule has 1 N–H and O–H groups in total. The van der Waals surface area contributed by atoms with E-state index in [1.165, 1.54) is 42.7 Å². The van der Waals surface area contributed by atoms with Gasteiger partial charge in [-0.05, 0) is 42.0 Å². The number of carbonyl (C=O) groups excluding carboxylic acids is 1. The number of ether oxygens (including phenoxy) is 1. The van der Waals surface area contributed by atoms with E-state index in [4.69, 9.17) is 4.74 Å². The van der Waals surface area contributed by atoms with Gasteiger partial charge in [0, 0.05) is 22.7 Å². The number of halogens is 1. The third-order valence-electron chi connectivity index (χ3n) is 4.45. The molecule has 0 aliphatic carbocycles. The summed E-state index contributed by atoms with van der Waals surface area (Å²) >= 11 is 0. The van der Waals surface area contributed by atoms with E-state index >= 15 is 0 Å². The summed E-state index contributed by atoms with van der Waals surface area (Å²) in [6, 6.07) is 11.5. The van der Waals surface area contributed by atoms with Crippen molar-refractivity contribution in [3.05, 3.63) is 77.8 Å². The predicted octanol–water partition coefficient (Wildman–Crippen LogP) is 3.69. The van der Waals surface area contributed by atoms with Crippen LogP contribution < -0.4 is 4.74 Å². The Kier molecular flexibility index (Phi) is 4.63. The zero-order valence-corrected chi connectivity index (χ0v) is 15.3.